The molecule has 0 fully saturated rings. The highest BCUT2D eigenvalue weighted by Gasteiger charge is 2.10. The summed E-state index contributed by atoms with van der Waals surface area (Å²) in [5.41, 5.74) is 2.99. The molecule has 1 heterocycles. The number of carbonyl (C=O) groups excluding carboxylic acids is 3. The van der Waals surface area contributed by atoms with Crippen LogP contribution < -0.4 is 5.32 Å². The zero-order valence-electron chi connectivity index (χ0n) is 17.4. The summed E-state index contributed by atoms with van der Waals surface area (Å²) in [6.45, 7) is 3.55. The molecule has 0 saturated carbocycles. The van der Waals surface area contributed by atoms with E-state index in [2.05, 4.69) is 15.3 Å². The number of para-hydroxylation sites is 2. The van der Waals surface area contributed by atoms with Gasteiger partial charge in [-0.2, -0.15) is 0 Å². The lowest BCUT2D eigenvalue weighted by Gasteiger charge is -2.08. The van der Waals surface area contributed by atoms with Crippen molar-refractivity contribution >= 4 is 40.5 Å². The number of nitrogens with one attached hydrogen (secondary N) is 1. The van der Waals surface area contributed by atoms with Gasteiger partial charge in [-0.15, -0.1) is 0 Å². The molecule has 0 aliphatic heterocycles. The van der Waals surface area contributed by atoms with E-state index in [4.69, 9.17) is 4.74 Å². The van der Waals surface area contributed by atoms with Crippen molar-refractivity contribution in [2.75, 3.05) is 11.9 Å². The number of hydrogen-bond donors (Lipinski definition) is 1. The predicted octanol–water partition coefficient (Wildman–Crippen LogP) is 4.05. The molecule has 0 radical (unpaired) electrons. The average molecular weight is 417 g/mol. The summed E-state index contributed by atoms with van der Waals surface area (Å²) in [5.74, 6) is -0.808. The number of benzene rings is 2. The minimum atomic E-state index is -0.652. The van der Waals surface area contributed by atoms with E-state index >= 15 is 0 Å². The minimum absolute atomic E-state index is 0.0779. The van der Waals surface area contributed by atoms with Crippen molar-refractivity contribution in [1.82, 2.24) is 9.97 Å². The second-order valence-corrected chi connectivity index (χ2v) is 7.37. The summed E-state index contributed by atoms with van der Waals surface area (Å²) >= 11 is 0. The summed E-state index contributed by atoms with van der Waals surface area (Å²) in [5, 5.41) is 2.78. The van der Waals surface area contributed by atoms with Gasteiger partial charge in [-0.25, -0.2) is 9.78 Å². The number of fused-ring (bicyclic) bond motifs is 1. The number of hydrogen-bond acceptors (Lipinski definition) is 6. The summed E-state index contributed by atoms with van der Waals surface area (Å²) in [6, 6.07) is 13.9. The van der Waals surface area contributed by atoms with Crippen molar-refractivity contribution in [3.05, 3.63) is 72.1 Å². The van der Waals surface area contributed by atoms with Crippen LogP contribution in [-0.2, 0) is 14.3 Å². The normalized spacial score (nSPS) is 11.1. The van der Waals surface area contributed by atoms with Crippen molar-refractivity contribution in [1.29, 1.82) is 0 Å². The van der Waals surface area contributed by atoms with E-state index in [1.54, 1.807) is 30.5 Å². The molecule has 0 atom stereocenters. The Morgan fingerprint density at radius 2 is 1.74 bits per heavy atom. The van der Waals surface area contributed by atoms with Crippen molar-refractivity contribution in [2.45, 2.75) is 20.3 Å². The molecule has 158 valence electrons. The number of carbonyl (C=O) groups is 3. The van der Waals surface area contributed by atoms with Crippen LogP contribution >= 0.6 is 0 Å². The standard InChI is InChI=1S/C24H23N3O4/c1-16(2)13-23(29)27-18-9-7-17(8-10-18)22(28)15-31-24(30)12-11-19-14-25-20-5-3-4-6-21(20)26-19/h3-12,14,16H,13,15H2,1-2H3,(H,27,29)/b12-11+. The maximum Gasteiger partial charge on any atom is 0.331 e. The highest BCUT2D eigenvalue weighted by molar-refractivity contribution is 5.99. The molecule has 31 heavy (non-hydrogen) atoms. The first kappa shape index (κ1) is 21.8. The van der Waals surface area contributed by atoms with Crippen LogP contribution in [0.3, 0.4) is 0 Å². The average Bonchev–Trinajstić information content (AvgIpc) is 2.75. The van der Waals surface area contributed by atoms with Crippen LogP contribution in [0.2, 0.25) is 0 Å². The summed E-state index contributed by atoms with van der Waals surface area (Å²) in [6.07, 6.45) is 4.67. The number of amides is 1. The van der Waals surface area contributed by atoms with Crippen LogP contribution in [0.1, 0.15) is 36.3 Å². The molecular weight excluding hydrogens is 394 g/mol. The number of rotatable bonds is 8. The minimum Gasteiger partial charge on any atom is -0.454 e. The Bertz CT molecular complexity index is 1120. The molecule has 0 spiro atoms. The Morgan fingerprint density at radius 3 is 2.45 bits per heavy atom. The zero-order chi connectivity index (χ0) is 22.2. The third kappa shape index (κ3) is 6.57. The number of ketones is 1. The van der Waals surface area contributed by atoms with Gasteiger partial charge in [-0.3, -0.25) is 14.6 Å². The molecule has 0 aliphatic carbocycles. The molecule has 7 heteroatoms. The summed E-state index contributed by atoms with van der Waals surface area (Å²) < 4.78 is 5.01. The molecule has 1 aromatic heterocycles. The number of aromatic nitrogens is 2. The second-order valence-electron chi connectivity index (χ2n) is 7.37. The lowest BCUT2D eigenvalue weighted by Crippen LogP contribution is -2.14. The molecule has 7 nitrogen and oxygen atoms in total. The molecule has 0 saturated heterocycles. The van der Waals surface area contributed by atoms with E-state index in [0.29, 0.717) is 23.4 Å². The van der Waals surface area contributed by atoms with E-state index in [1.165, 1.54) is 12.2 Å². The first-order valence-electron chi connectivity index (χ1n) is 9.90. The number of nitrogens with zero attached hydrogens (tertiary/aromatic N) is 2. The van der Waals surface area contributed by atoms with E-state index < -0.39 is 5.97 Å². The van der Waals surface area contributed by atoms with Gasteiger partial charge in [0.05, 0.1) is 22.9 Å². The van der Waals surface area contributed by atoms with E-state index in [0.717, 1.165) is 11.0 Å². The van der Waals surface area contributed by atoms with E-state index in [-0.39, 0.29) is 24.2 Å². The van der Waals surface area contributed by atoms with Crippen LogP contribution in [0.4, 0.5) is 5.69 Å². The Morgan fingerprint density at radius 1 is 1.03 bits per heavy atom. The quantitative estimate of drug-likeness (QED) is 0.337. The van der Waals surface area contributed by atoms with Gasteiger partial charge >= 0.3 is 5.97 Å². The van der Waals surface area contributed by atoms with E-state index in [9.17, 15) is 14.4 Å². The van der Waals surface area contributed by atoms with Crippen molar-refractivity contribution in [2.24, 2.45) is 5.92 Å². The molecular formula is C24H23N3O4. The highest BCUT2D eigenvalue weighted by Crippen LogP contribution is 2.12. The molecule has 0 bridgehead atoms. The van der Waals surface area contributed by atoms with Gasteiger partial charge in [0, 0.05) is 23.7 Å². The van der Waals surface area contributed by atoms with Gasteiger partial charge in [-0.1, -0.05) is 26.0 Å². The van der Waals surface area contributed by atoms with Crippen LogP contribution in [0, 0.1) is 5.92 Å². The monoisotopic (exact) mass is 417 g/mol. The fourth-order valence-corrected chi connectivity index (χ4v) is 2.80. The molecule has 2 aromatic carbocycles. The predicted molar refractivity (Wildman–Crippen MR) is 118 cm³/mol. The van der Waals surface area contributed by atoms with Gasteiger partial charge in [0.2, 0.25) is 5.91 Å². The van der Waals surface area contributed by atoms with Crippen molar-refractivity contribution < 1.29 is 19.1 Å². The Labute approximate surface area is 180 Å². The lowest BCUT2D eigenvalue weighted by molar-refractivity contribution is -0.136. The van der Waals surface area contributed by atoms with Crippen LogP contribution in [-0.4, -0.2) is 34.2 Å². The maximum atomic E-state index is 12.2. The smallest absolute Gasteiger partial charge is 0.331 e. The maximum absolute atomic E-state index is 12.2. The summed E-state index contributed by atoms with van der Waals surface area (Å²) in [4.78, 5) is 44.6. The van der Waals surface area contributed by atoms with Crippen molar-refractivity contribution in [3.63, 3.8) is 0 Å². The van der Waals surface area contributed by atoms with Gasteiger partial charge in [0.15, 0.2) is 12.4 Å². The third-order valence-electron chi connectivity index (χ3n) is 4.29. The van der Waals surface area contributed by atoms with Gasteiger partial charge < -0.3 is 10.1 Å². The van der Waals surface area contributed by atoms with Crippen LogP contribution in [0.5, 0.6) is 0 Å². The highest BCUT2D eigenvalue weighted by atomic mass is 16.5. The second kappa shape index (κ2) is 10.2. The Balaban J connectivity index is 1.50. The number of Topliss-reactive ketones (excluding diaryl/α,β-unsaturated/α-hetero) is 1. The van der Waals surface area contributed by atoms with Crippen molar-refractivity contribution in [3.8, 4) is 0 Å². The van der Waals surface area contributed by atoms with Crippen LogP contribution in [0.15, 0.2) is 60.8 Å². The third-order valence-corrected chi connectivity index (χ3v) is 4.29. The fourth-order valence-electron chi connectivity index (χ4n) is 2.80. The van der Waals surface area contributed by atoms with Gasteiger partial charge in [-0.05, 0) is 48.4 Å². The molecule has 1 amide bonds. The zero-order valence-corrected chi connectivity index (χ0v) is 17.4. The number of esters is 1. The first-order chi connectivity index (χ1) is 14.9. The lowest BCUT2D eigenvalue weighted by atomic mass is 10.1. The molecule has 0 unspecified atom stereocenters. The Hall–Kier alpha value is -3.87. The molecule has 3 rings (SSSR count). The fraction of sp³-hybridized carbons (Fsp3) is 0.208. The Kier molecular flexibility index (Phi) is 7.22. The van der Waals surface area contributed by atoms with Gasteiger partial charge in [0.1, 0.15) is 0 Å². The SMILES string of the molecule is CC(C)CC(=O)Nc1ccc(C(=O)COC(=O)/C=C/c2cnc3ccccc3n2)cc1. The first-order valence-corrected chi connectivity index (χ1v) is 9.90. The van der Waals surface area contributed by atoms with E-state index in [1.807, 2.05) is 38.1 Å². The summed E-state index contributed by atoms with van der Waals surface area (Å²) in [7, 11) is 0. The van der Waals surface area contributed by atoms with Crippen LogP contribution in [0.25, 0.3) is 17.1 Å². The van der Waals surface area contributed by atoms with Gasteiger partial charge in [0.25, 0.3) is 0 Å². The number of ether oxygens (including phenoxy) is 1. The molecule has 0 aliphatic rings. The topological polar surface area (TPSA) is 98.2 Å². The molecule has 1 N–H and O–H groups in total. The molecule has 3 aromatic rings. The number of anilines is 1. The largest absolute Gasteiger partial charge is 0.454 e.